The third kappa shape index (κ3) is 7.69. The first kappa shape index (κ1) is 20.5. The Hall–Kier alpha value is -2.58. The maximum Gasteiger partial charge on any atom is 0.422 e. The highest BCUT2D eigenvalue weighted by Gasteiger charge is 2.28. The number of carbonyl (C=O) groups is 1. The molecule has 0 aliphatic carbocycles. The van der Waals surface area contributed by atoms with Gasteiger partial charge < -0.3 is 14.6 Å². The molecule has 0 aliphatic heterocycles. The normalized spacial score (nSPS) is 10.6. The van der Waals surface area contributed by atoms with Gasteiger partial charge in [-0.15, -0.1) is 0 Å². The van der Waals surface area contributed by atoms with Crippen molar-refractivity contribution in [1.29, 1.82) is 0 Å². The second-order valence-electron chi connectivity index (χ2n) is 4.77. The maximum atomic E-state index is 12.1. The molecule has 0 spiro atoms. The summed E-state index contributed by atoms with van der Waals surface area (Å²) in [6.07, 6.45) is -1.54. The Labute approximate surface area is 143 Å². The molecule has 2 aromatic heterocycles. The van der Waals surface area contributed by atoms with Crippen molar-refractivity contribution in [1.82, 2.24) is 15.5 Å². The third-order valence-electron chi connectivity index (χ3n) is 2.87. The zero-order valence-corrected chi connectivity index (χ0v) is 14.2. The van der Waals surface area contributed by atoms with E-state index in [4.69, 9.17) is 4.52 Å². The van der Waals surface area contributed by atoms with E-state index in [1.54, 1.807) is 13.0 Å². The molecule has 0 saturated carbocycles. The molecule has 0 aliphatic rings. The van der Waals surface area contributed by atoms with Gasteiger partial charge in [0, 0.05) is 24.4 Å². The predicted molar refractivity (Wildman–Crippen MR) is 83.9 cm³/mol. The van der Waals surface area contributed by atoms with Crippen LogP contribution in [0.5, 0.6) is 5.88 Å². The molecule has 0 fully saturated rings. The van der Waals surface area contributed by atoms with E-state index in [2.05, 4.69) is 20.2 Å². The SMILES string of the molecule is CC.Cc1oncc1CC(=O)NCc1ccnc(OCC(F)(F)F)c1. The van der Waals surface area contributed by atoms with E-state index in [-0.39, 0.29) is 24.8 Å². The number of halogens is 3. The molecule has 2 rings (SSSR count). The standard InChI is InChI=1S/C14H14F3N3O3.C2H6/c1-9-11(7-20-23-9)5-12(21)19-6-10-2-3-18-13(4-10)22-8-14(15,16)17;1-2/h2-4,7H,5-6,8H2,1H3,(H,19,21);1-2H3. The smallest absolute Gasteiger partial charge is 0.422 e. The summed E-state index contributed by atoms with van der Waals surface area (Å²) in [4.78, 5) is 15.5. The summed E-state index contributed by atoms with van der Waals surface area (Å²) in [6, 6.07) is 2.92. The minimum atomic E-state index is -4.43. The summed E-state index contributed by atoms with van der Waals surface area (Å²) < 4.78 is 45.7. The summed E-state index contributed by atoms with van der Waals surface area (Å²) >= 11 is 0. The fourth-order valence-corrected chi connectivity index (χ4v) is 1.72. The van der Waals surface area contributed by atoms with Crippen molar-refractivity contribution in [2.75, 3.05) is 6.61 Å². The number of nitrogens with one attached hydrogen (secondary N) is 1. The van der Waals surface area contributed by atoms with E-state index in [1.165, 1.54) is 18.5 Å². The Kier molecular flexibility index (Phi) is 7.90. The van der Waals surface area contributed by atoms with Crippen LogP contribution < -0.4 is 10.1 Å². The van der Waals surface area contributed by atoms with E-state index in [0.29, 0.717) is 16.9 Å². The number of ether oxygens (including phenoxy) is 1. The lowest BCUT2D eigenvalue weighted by molar-refractivity contribution is -0.154. The fourth-order valence-electron chi connectivity index (χ4n) is 1.72. The zero-order valence-electron chi connectivity index (χ0n) is 14.2. The van der Waals surface area contributed by atoms with E-state index < -0.39 is 12.8 Å². The Morgan fingerprint density at radius 3 is 2.68 bits per heavy atom. The Bertz CT molecular complexity index is 672. The van der Waals surface area contributed by atoms with E-state index in [1.807, 2.05) is 13.8 Å². The van der Waals surface area contributed by atoms with Crippen LogP contribution in [0.15, 0.2) is 29.0 Å². The van der Waals surface area contributed by atoms with E-state index >= 15 is 0 Å². The number of hydrogen-bond acceptors (Lipinski definition) is 5. The summed E-state index contributed by atoms with van der Waals surface area (Å²) in [5.41, 5.74) is 1.25. The van der Waals surface area contributed by atoms with Crippen LogP contribution in [-0.2, 0) is 17.8 Å². The molecule has 9 heteroatoms. The second kappa shape index (κ2) is 9.65. The van der Waals surface area contributed by atoms with Gasteiger partial charge in [-0.05, 0) is 18.6 Å². The van der Waals surface area contributed by atoms with Crippen molar-refractivity contribution in [3.05, 3.63) is 41.4 Å². The second-order valence-corrected chi connectivity index (χ2v) is 4.77. The molecule has 0 bridgehead atoms. The van der Waals surface area contributed by atoms with Gasteiger partial charge >= 0.3 is 6.18 Å². The number of amides is 1. The lowest BCUT2D eigenvalue weighted by atomic mass is 10.2. The molecule has 0 unspecified atom stereocenters. The van der Waals surface area contributed by atoms with Crippen LogP contribution >= 0.6 is 0 Å². The Morgan fingerprint density at radius 1 is 1.36 bits per heavy atom. The third-order valence-corrected chi connectivity index (χ3v) is 2.87. The molecular weight excluding hydrogens is 339 g/mol. The first-order valence-corrected chi connectivity index (χ1v) is 7.65. The minimum absolute atomic E-state index is 0.109. The molecule has 1 N–H and O–H groups in total. The van der Waals surface area contributed by atoms with Gasteiger partial charge in [0.15, 0.2) is 6.61 Å². The molecular formula is C16H20F3N3O3. The number of aromatic nitrogens is 2. The van der Waals surface area contributed by atoms with Crippen molar-refractivity contribution < 1.29 is 27.2 Å². The molecule has 0 aromatic carbocycles. The number of carbonyl (C=O) groups excluding carboxylic acids is 1. The number of rotatable bonds is 6. The number of aryl methyl sites for hydroxylation is 1. The summed E-state index contributed by atoms with van der Waals surface area (Å²) in [6.45, 7) is 4.43. The van der Waals surface area contributed by atoms with Crippen molar-refractivity contribution in [3.8, 4) is 5.88 Å². The van der Waals surface area contributed by atoms with Gasteiger partial charge in [-0.2, -0.15) is 13.2 Å². The van der Waals surface area contributed by atoms with Gasteiger partial charge in [-0.25, -0.2) is 4.98 Å². The number of nitrogens with zero attached hydrogens (tertiary/aromatic N) is 2. The lowest BCUT2D eigenvalue weighted by Crippen LogP contribution is -2.24. The average Bonchev–Trinajstić information content (AvgIpc) is 2.98. The highest BCUT2D eigenvalue weighted by molar-refractivity contribution is 5.78. The van der Waals surface area contributed by atoms with E-state index in [0.717, 1.165) is 0 Å². The largest absolute Gasteiger partial charge is 0.468 e. The van der Waals surface area contributed by atoms with Gasteiger partial charge in [-0.1, -0.05) is 19.0 Å². The lowest BCUT2D eigenvalue weighted by Gasteiger charge is -2.09. The van der Waals surface area contributed by atoms with E-state index in [9.17, 15) is 18.0 Å². The number of alkyl halides is 3. The van der Waals surface area contributed by atoms with Crippen LogP contribution in [-0.4, -0.2) is 28.8 Å². The molecule has 1 amide bonds. The minimum Gasteiger partial charge on any atom is -0.468 e. The highest BCUT2D eigenvalue weighted by atomic mass is 19.4. The molecule has 2 aromatic rings. The molecule has 0 saturated heterocycles. The first-order valence-electron chi connectivity index (χ1n) is 7.65. The van der Waals surface area contributed by atoms with Gasteiger partial charge in [0.05, 0.1) is 12.6 Å². The van der Waals surface area contributed by atoms with Crippen molar-refractivity contribution in [2.24, 2.45) is 0 Å². The topological polar surface area (TPSA) is 77.3 Å². The van der Waals surface area contributed by atoms with Crippen molar-refractivity contribution >= 4 is 5.91 Å². The zero-order chi connectivity index (χ0) is 18.9. The quantitative estimate of drug-likeness (QED) is 0.857. The molecule has 0 atom stereocenters. The molecule has 2 heterocycles. The van der Waals surface area contributed by atoms with Gasteiger partial charge in [0.2, 0.25) is 11.8 Å². The highest BCUT2D eigenvalue weighted by Crippen LogP contribution is 2.17. The first-order chi connectivity index (χ1) is 11.8. The summed E-state index contributed by atoms with van der Waals surface area (Å²) in [5.74, 6) is 0.154. The van der Waals surface area contributed by atoms with Crippen LogP contribution in [0, 0.1) is 6.92 Å². The Morgan fingerprint density at radius 2 is 2.08 bits per heavy atom. The Balaban J connectivity index is 0.00000151. The summed E-state index contributed by atoms with van der Waals surface area (Å²) in [5, 5.41) is 6.22. The summed E-state index contributed by atoms with van der Waals surface area (Å²) in [7, 11) is 0. The van der Waals surface area contributed by atoms with Gasteiger partial charge in [0.1, 0.15) is 5.76 Å². The maximum absolute atomic E-state index is 12.1. The molecule has 6 nitrogen and oxygen atoms in total. The number of hydrogen-bond donors (Lipinski definition) is 1. The average molecular weight is 359 g/mol. The molecule has 0 radical (unpaired) electrons. The van der Waals surface area contributed by atoms with Crippen LogP contribution in [0.3, 0.4) is 0 Å². The fraction of sp³-hybridized carbons (Fsp3) is 0.438. The predicted octanol–water partition coefficient (Wildman–Crippen LogP) is 3.20. The monoisotopic (exact) mass is 359 g/mol. The van der Waals surface area contributed by atoms with Gasteiger partial charge in [0.25, 0.3) is 0 Å². The molecule has 25 heavy (non-hydrogen) atoms. The van der Waals surface area contributed by atoms with Gasteiger partial charge in [-0.3, -0.25) is 4.79 Å². The van der Waals surface area contributed by atoms with Crippen molar-refractivity contribution in [2.45, 2.75) is 39.9 Å². The van der Waals surface area contributed by atoms with Crippen LogP contribution in [0.25, 0.3) is 0 Å². The van der Waals surface area contributed by atoms with Crippen molar-refractivity contribution in [3.63, 3.8) is 0 Å². The van der Waals surface area contributed by atoms with Crippen LogP contribution in [0.2, 0.25) is 0 Å². The molecule has 138 valence electrons. The number of pyridine rings is 1. The van der Waals surface area contributed by atoms with Crippen LogP contribution in [0.1, 0.15) is 30.7 Å². The van der Waals surface area contributed by atoms with Crippen LogP contribution in [0.4, 0.5) is 13.2 Å².